The first-order valence-corrected chi connectivity index (χ1v) is 6.26. The first kappa shape index (κ1) is 14.3. The number of hydrogen-bond acceptors (Lipinski definition) is 4. The van der Waals surface area contributed by atoms with Crippen LogP contribution in [0.15, 0.2) is 41.6 Å². The fraction of sp³-hybridized carbons (Fsp3) is 0. The zero-order chi connectivity index (χ0) is 14.5. The summed E-state index contributed by atoms with van der Waals surface area (Å²) in [5.74, 6) is -0.685. The van der Waals surface area contributed by atoms with E-state index in [9.17, 15) is 4.79 Å². The fourth-order valence-electron chi connectivity index (χ4n) is 1.46. The van der Waals surface area contributed by atoms with Gasteiger partial charge in [0.15, 0.2) is 5.82 Å². The van der Waals surface area contributed by atoms with E-state index in [-0.39, 0.29) is 5.56 Å². The molecular formula is C13H9Cl2N3O2. The van der Waals surface area contributed by atoms with Crippen LogP contribution in [0.2, 0.25) is 10.0 Å². The molecule has 0 unspecified atom stereocenters. The molecule has 1 aromatic heterocycles. The minimum Gasteiger partial charge on any atom is -0.478 e. The largest absolute Gasteiger partial charge is 0.478 e. The molecule has 0 bridgehead atoms. The van der Waals surface area contributed by atoms with Gasteiger partial charge in [-0.15, -0.1) is 0 Å². The Labute approximate surface area is 124 Å². The van der Waals surface area contributed by atoms with Crippen molar-refractivity contribution in [1.82, 2.24) is 4.98 Å². The number of nitrogens with one attached hydrogen (secondary N) is 1. The van der Waals surface area contributed by atoms with E-state index in [1.807, 2.05) is 0 Å². The molecule has 0 fully saturated rings. The summed E-state index contributed by atoms with van der Waals surface area (Å²) in [6.07, 6.45) is 2.81. The number of hydrazone groups is 1. The Bertz CT molecular complexity index is 674. The van der Waals surface area contributed by atoms with Gasteiger partial charge in [-0.2, -0.15) is 5.10 Å². The predicted octanol–water partition coefficient (Wildman–Crippen LogP) is 3.53. The highest BCUT2D eigenvalue weighted by atomic mass is 35.5. The van der Waals surface area contributed by atoms with Crippen molar-refractivity contribution in [3.8, 4) is 0 Å². The lowest BCUT2D eigenvalue weighted by atomic mass is 10.1. The zero-order valence-corrected chi connectivity index (χ0v) is 11.6. The maximum atomic E-state index is 11.0. The molecule has 2 aromatic rings. The van der Waals surface area contributed by atoms with E-state index in [4.69, 9.17) is 28.3 Å². The van der Waals surface area contributed by atoms with Crippen LogP contribution in [0, 0.1) is 0 Å². The molecular weight excluding hydrogens is 301 g/mol. The van der Waals surface area contributed by atoms with Gasteiger partial charge in [0.05, 0.1) is 21.8 Å². The molecule has 1 aromatic carbocycles. The van der Waals surface area contributed by atoms with Crippen LogP contribution in [0.25, 0.3) is 0 Å². The lowest BCUT2D eigenvalue weighted by Crippen LogP contribution is -2.02. The van der Waals surface area contributed by atoms with E-state index < -0.39 is 5.97 Å². The van der Waals surface area contributed by atoms with Gasteiger partial charge in [0.25, 0.3) is 0 Å². The number of halogens is 2. The molecule has 1 heterocycles. The molecule has 5 nitrogen and oxygen atoms in total. The molecule has 0 aliphatic heterocycles. The van der Waals surface area contributed by atoms with Gasteiger partial charge in [0.1, 0.15) is 0 Å². The number of nitrogens with zero attached hydrogens (tertiary/aromatic N) is 2. The molecule has 0 saturated heterocycles. The molecule has 0 spiro atoms. The lowest BCUT2D eigenvalue weighted by Gasteiger charge is -2.03. The third-order valence-corrected chi connectivity index (χ3v) is 2.87. The molecule has 102 valence electrons. The minimum absolute atomic E-state index is 0.160. The smallest absolute Gasteiger partial charge is 0.336 e. The molecule has 20 heavy (non-hydrogen) atoms. The standard InChI is InChI=1S/C13H9Cl2N3O2/c14-9-5-11(15)12(16-7-9)18-17-6-8-3-1-2-4-10(8)13(19)20/h1-7H,(H,16,18)(H,19,20)/b17-6+. The number of carboxylic acid groups (broad SMARTS) is 1. The summed E-state index contributed by atoms with van der Waals surface area (Å²) in [6.45, 7) is 0. The average molecular weight is 310 g/mol. The number of benzene rings is 1. The van der Waals surface area contributed by atoms with Gasteiger partial charge in [-0.25, -0.2) is 9.78 Å². The Kier molecular flexibility index (Phi) is 4.55. The van der Waals surface area contributed by atoms with Crippen LogP contribution < -0.4 is 5.43 Å². The van der Waals surface area contributed by atoms with Crippen molar-refractivity contribution < 1.29 is 9.90 Å². The Morgan fingerprint density at radius 1 is 1.35 bits per heavy atom. The minimum atomic E-state index is -1.02. The van der Waals surface area contributed by atoms with Crippen LogP contribution in [0.5, 0.6) is 0 Å². The summed E-state index contributed by atoms with van der Waals surface area (Å²) in [7, 11) is 0. The van der Waals surface area contributed by atoms with Crippen molar-refractivity contribution in [1.29, 1.82) is 0 Å². The normalized spacial score (nSPS) is 10.7. The predicted molar refractivity (Wildman–Crippen MR) is 78.9 cm³/mol. The van der Waals surface area contributed by atoms with Gasteiger partial charge in [0, 0.05) is 11.8 Å². The third-order valence-electron chi connectivity index (χ3n) is 2.37. The summed E-state index contributed by atoms with van der Waals surface area (Å²) in [6, 6.07) is 8.04. The monoisotopic (exact) mass is 309 g/mol. The van der Waals surface area contributed by atoms with Crippen LogP contribution >= 0.6 is 23.2 Å². The van der Waals surface area contributed by atoms with Crippen molar-refractivity contribution in [2.75, 3.05) is 5.43 Å². The summed E-state index contributed by atoms with van der Waals surface area (Å²) < 4.78 is 0. The summed E-state index contributed by atoms with van der Waals surface area (Å²) in [5, 5.41) is 13.7. The Morgan fingerprint density at radius 2 is 2.10 bits per heavy atom. The maximum absolute atomic E-state index is 11.0. The Balaban J connectivity index is 2.16. The van der Waals surface area contributed by atoms with Gasteiger partial charge >= 0.3 is 5.97 Å². The molecule has 0 amide bonds. The van der Waals surface area contributed by atoms with Crippen molar-refractivity contribution in [2.45, 2.75) is 0 Å². The molecule has 0 radical (unpaired) electrons. The highest BCUT2D eigenvalue weighted by molar-refractivity contribution is 6.35. The van der Waals surface area contributed by atoms with E-state index in [0.29, 0.717) is 21.4 Å². The van der Waals surface area contributed by atoms with E-state index in [0.717, 1.165) is 0 Å². The van der Waals surface area contributed by atoms with E-state index >= 15 is 0 Å². The van der Waals surface area contributed by atoms with Crippen LogP contribution in [-0.4, -0.2) is 22.3 Å². The molecule has 0 atom stereocenters. The number of carboxylic acids is 1. The lowest BCUT2D eigenvalue weighted by molar-refractivity contribution is 0.0697. The number of hydrogen-bond donors (Lipinski definition) is 2. The number of carbonyl (C=O) groups is 1. The van der Waals surface area contributed by atoms with Gasteiger partial charge in [-0.3, -0.25) is 5.43 Å². The summed E-state index contributed by atoms with van der Waals surface area (Å²) in [4.78, 5) is 15.0. The van der Waals surface area contributed by atoms with Crippen LogP contribution in [0.3, 0.4) is 0 Å². The average Bonchev–Trinajstić information content (AvgIpc) is 2.41. The van der Waals surface area contributed by atoms with Crippen LogP contribution in [0.4, 0.5) is 5.82 Å². The number of anilines is 1. The second-order valence-electron chi connectivity index (χ2n) is 3.75. The van der Waals surface area contributed by atoms with Crippen LogP contribution in [0.1, 0.15) is 15.9 Å². The molecule has 2 rings (SSSR count). The van der Waals surface area contributed by atoms with Gasteiger partial charge in [-0.1, -0.05) is 41.4 Å². The number of aromatic carboxylic acids is 1. The third kappa shape index (κ3) is 3.46. The van der Waals surface area contributed by atoms with Crippen LogP contribution in [-0.2, 0) is 0 Å². The van der Waals surface area contributed by atoms with E-state index in [2.05, 4.69) is 15.5 Å². The molecule has 0 aliphatic rings. The maximum Gasteiger partial charge on any atom is 0.336 e. The second-order valence-corrected chi connectivity index (χ2v) is 4.59. The zero-order valence-electron chi connectivity index (χ0n) is 10.0. The fourth-order valence-corrected chi connectivity index (χ4v) is 1.89. The van der Waals surface area contributed by atoms with Crippen molar-refractivity contribution >= 4 is 41.2 Å². The van der Waals surface area contributed by atoms with Gasteiger partial charge in [-0.05, 0) is 12.1 Å². The summed E-state index contributed by atoms with van der Waals surface area (Å²) in [5.41, 5.74) is 3.26. The van der Waals surface area contributed by atoms with Crippen molar-refractivity contribution in [3.63, 3.8) is 0 Å². The number of aromatic nitrogens is 1. The Hall–Kier alpha value is -2.11. The first-order valence-electron chi connectivity index (χ1n) is 5.50. The van der Waals surface area contributed by atoms with Crippen molar-refractivity contribution in [3.05, 3.63) is 57.7 Å². The highest BCUT2D eigenvalue weighted by Gasteiger charge is 2.06. The Morgan fingerprint density at radius 3 is 2.80 bits per heavy atom. The van der Waals surface area contributed by atoms with E-state index in [1.165, 1.54) is 24.5 Å². The SMILES string of the molecule is O=C(O)c1ccccc1/C=N/Nc1ncc(Cl)cc1Cl. The molecule has 0 aliphatic carbocycles. The number of pyridine rings is 1. The number of rotatable bonds is 4. The van der Waals surface area contributed by atoms with E-state index in [1.54, 1.807) is 18.2 Å². The van der Waals surface area contributed by atoms with Gasteiger partial charge in [0.2, 0.25) is 0 Å². The quantitative estimate of drug-likeness (QED) is 0.669. The molecule has 2 N–H and O–H groups in total. The van der Waals surface area contributed by atoms with Gasteiger partial charge < -0.3 is 5.11 Å². The highest BCUT2D eigenvalue weighted by Crippen LogP contribution is 2.22. The second kappa shape index (κ2) is 6.36. The topological polar surface area (TPSA) is 74.6 Å². The summed E-state index contributed by atoms with van der Waals surface area (Å²) >= 11 is 11.6. The van der Waals surface area contributed by atoms with Crippen molar-refractivity contribution in [2.24, 2.45) is 5.10 Å². The first-order chi connectivity index (χ1) is 9.58. The molecule has 7 heteroatoms. The molecule has 0 saturated carbocycles.